The Bertz CT molecular complexity index is 1190. The van der Waals surface area contributed by atoms with Crippen molar-refractivity contribution >= 4 is 23.9 Å². The summed E-state index contributed by atoms with van der Waals surface area (Å²) in [6, 6.07) is 17.2. The number of carbonyl (C=O) groups excluding carboxylic acids is 4. The molecule has 1 heterocycles. The number of allylic oxidation sites excluding steroid dienone is 1. The molecule has 2 aromatic rings. The molecule has 0 aliphatic carbocycles. The van der Waals surface area contributed by atoms with Crippen LogP contribution >= 0.6 is 0 Å². The van der Waals surface area contributed by atoms with Gasteiger partial charge in [0.15, 0.2) is 0 Å². The van der Waals surface area contributed by atoms with Crippen LogP contribution in [0.25, 0.3) is 0 Å². The molecule has 0 spiro atoms. The predicted molar refractivity (Wildman–Crippen MR) is 157 cm³/mol. The van der Waals surface area contributed by atoms with Gasteiger partial charge in [-0.2, -0.15) is 0 Å². The quantitative estimate of drug-likeness (QED) is 0.290. The van der Waals surface area contributed by atoms with Crippen LogP contribution in [0.4, 0.5) is 4.79 Å². The maximum absolute atomic E-state index is 13.3. The van der Waals surface area contributed by atoms with Gasteiger partial charge in [0.2, 0.25) is 11.8 Å². The van der Waals surface area contributed by atoms with E-state index in [1.807, 2.05) is 74.5 Å². The number of aliphatic hydroxyl groups excluding tert-OH is 1. The van der Waals surface area contributed by atoms with E-state index >= 15 is 0 Å². The molecular weight excluding hydrogens is 538 g/mol. The van der Waals surface area contributed by atoms with Crippen molar-refractivity contribution in [1.82, 2.24) is 15.5 Å². The van der Waals surface area contributed by atoms with E-state index < -0.39 is 30.1 Å². The van der Waals surface area contributed by atoms with Gasteiger partial charge in [0, 0.05) is 19.5 Å². The van der Waals surface area contributed by atoms with Crippen molar-refractivity contribution in [2.75, 3.05) is 19.8 Å². The van der Waals surface area contributed by atoms with Crippen LogP contribution in [0.1, 0.15) is 44.2 Å². The highest BCUT2D eigenvalue weighted by Gasteiger charge is 2.29. The third-order valence-corrected chi connectivity index (χ3v) is 7.02. The largest absolute Gasteiger partial charge is 0.462 e. The maximum atomic E-state index is 13.3. The summed E-state index contributed by atoms with van der Waals surface area (Å²) in [4.78, 5) is 53.5. The number of esters is 1. The molecule has 0 aromatic heterocycles. The number of nitrogens with zero attached hydrogens (tertiary/aromatic N) is 1. The second-order valence-corrected chi connectivity index (χ2v) is 10.6. The molecule has 0 unspecified atom stereocenters. The van der Waals surface area contributed by atoms with Crippen molar-refractivity contribution in [3.05, 3.63) is 83.9 Å². The first-order valence-corrected chi connectivity index (χ1v) is 14.3. The van der Waals surface area contributed by atoms with E-state index in [0.29, 0.717) is 6.54 Å². The van der Waals surface area contributed by atoms with Gasteiger partial charge < -0.3 is 30.1 Å². The summed E-state index contributed by atoms with van der Waals surface area (Å²) in [5, 5.41) is 15.1. The molecule has 3 amide bonds. The molecule has 1 aliphatic rings. The lowest BCUT2D eigenvalue weighted by atomic mass is 9.96. The van der Waals surface area contributed by atoms with E-state index in [2.05, 4.69) is 10.6 Å². The van der Waals surface area contributed by atoms with Gasteiger partial charge in [0.1, 0.15) is 19.3 Å². The number of carbonyl (C=O) groups is 4. The normalized spacial score (nSPS) is 19.6. The van der Waals surface area contributed by atoms with Gasteiger partial charge in [-0.25, -0.2) is 9.59 Å². The van der Waals surface area contributed by atoms with Crippen LogP contribution in [-0.4, -0.2) is 65.7 Å². The molecule has 0 bridgehead atoms. The van der Waals surface area contributed by atoms with Gasteiger partial charge in [-0.1, -0.05) is 86.7 Å². The van der Waals surface area contributed by atoms with Gasteiger partial charge >= 0.3 is 12.1 Å². The van der Waals surface area contributed by atoms with Crippen LogP contribution in [-0.2, 0) is 37.0 Å². The molecule has 3 N–H and O–H groups in total. The first kappa shape index (κ1) is 32.3. The van der Waals surface area contributed by atoms with Crippen LogP contribution < -0.4 is 10.6 Å². The Morgan fingerprint density at radius 1 is 1.02 bits per heavy atom. The molecule has 10 nitrogen and oxygen atoms in total. The molecule has 0 radical (unpaired) electrons. The highest BCUT2D eigenvalue weighted by molar-refractivity contribution is 5.86. The Kier molecular flexibility index (Phi) is 13.0. The van der Waals surface area contributed by atoms with Crippen LogP contribution in [0.5, 0.6) is 0 Å². The Morgan fingerprint density at radius 3 is 2.31 bits per heavy atom. The van der Waals surface area contributed by atoms with Crippen LogP contribution in [0, 0.1) is 11.8 Å². The topological polar surface area (TPSA) is 134 Å². The standard InChI is InChI=1S/C32H41N3O7/c1-23(2)28-22-41-31(39)27(34-32(40)42-21-25-13-7-4-8-14-25)16-10-9-15-26(30(38)33-28)19-29(37)35(17-18-36)20-24-11-5-3-6-12-24/h3-14,23,26-28,36H,15-22H2,1-2H3,(H,33,38)(H,34,40)/t26-,27-,28-/m1/s1. The summed E-state index contributed by atoms with van der Waals surface area (Å²) in [5.74, 6) is -1.94. The molecule has 3 atom stereocenters. The van der Waals surface area contributed by atoms with E-state index in [9.17, 15) is 24.3 Å². The summed E-state index contributed by atoms with van der Waals surface area (Å²) in [7, 11) is 0. The van der Waals surface area contributed by atoms with Gasteiger partial charge in [-0.05, 0) is 29.9 Å². The van der Waals surface area contributed by atoms with Gasteiger partial charge in [-0.15, -0.1) is 0 Å². The number of alkyl carbamates (subject to hydrolysis) is 1. The van der Waals surface area contributed by atoms with E-state index in [1.54, 1.807) is 17.1 Å². The summed E-state index contributed by atoms with van der Waals surface area (Å²) in [6.07, 6.45) is 2.99. The molecule has 1 aliphatic heterocycles. The molecular formula is C32H41N3O7. The third-order valence-electron chi connectivity index (χ3n) is 7.02. The van der Waals surface area contributed by atoms with Crippen LogP contribution in [0.15, 0.2) is 72.8 Å². The zero-order valence-corrected chi connectivity index (χ0v) is 24.2. The molecule has 0 fully saturated rings. The third kappa shape index (κ3) is 10.7. The number of ether oxygens (including phenoxy) is 2. The molecule has 3 rings (SSSR count). The zero-order valence-electron chi connectivity index (χ0n) is 24.2. The average molecular weight is 580 g/mol. The van der Waals surface area contributed by atoms with E-state index in [1.165, 1.54) is 0 Å². The summed E-state index contributed by atoms with van der Waals surface area (Å²) < 4.78 is 10.8. The number of benzene rings is 2. The highest BCUT2D eigenvalue weighted by Crippen LogP contribution is 2.17. The number of hydrogen-bond donors (Lipinski definition) is 3. The van der Waals surface area contributed by atoms with Crippen molar-refractivity contribution < 1.29 is 33.8 Å². The number of aliphatic hydroxyl groups is 1. The Morgan fingerprint density at radius 2 is 1.67 bits per heavy atom. The Labute approximate surface area is 247 Å². The van der Waals surface area contributed by atoms with Gasteiger partial charge in [0.25, 0.3) is 0 Å². The monoisotopic (exact) mass is 579 g/mol. The van der Waals surface area contributed by atoms with Crippen molar-refractivity contribution in [2.24, 2.45) is 11.8 Å². The fourth-order valence-corrected chi connectivity index (χ4v) is 4.43. The minimum absolute atomic E-state index is 0.0545. The van der Waals surface area contributed by atoms with Crippen LogP contribution in [0.3, 0.4) is 0 Å². The number of nitrogens with one attached hydrogen (secondary N) is 2. The van der Waals surface area contributed by atoms with Crippen molar-refractivity contribution in [2.45, 2.75) is 58.3 Å². The van der Waals surface area contributed by atoms with E-state index in [4.69, 9.17) is 9.47 Å². The van der Waals surface area contributed by atoms with Crippen molar-refractivity contribution in [3.8, 4) is 0 Å². The summed E-state index contributed by atoms with van der Waals surface area (Å²) in [6.45, 7) is 4.03. The molecule has 226 valence electrons. The van der Waals surface area contributed by atoms with Gasteiger partial charge in [-0.3, -0.25) is 9.59 Å². The average Bonchev–Trinajstić information content (AvgIpc) is 2.98. The lowest BCUT2D eigenvalue weighted by molar-refractivity contribution is -0.148. The molecule has 0 saturated carbocycles. The molecule has 10 heteroatoms. The minimum Gasteiger partial charge on any atom is -0.462 e. The fraction of sp³-hybridized carbons (Fsp3) is 0.438. The molecule has 0 saturated heterocycles. The lowest BCUT2D eigenvalue weighted by Crippen LogP contribution is -2.48. The first-order valence-electron chi connectivity index (χ1n) is 14.3. The second-order valence-electron chi connectivity index (χ2n) is 10.6. The highest BCUT2D eigenvalue weighted by atomic mass is 16.6. The predicted octanol–water partition coefficient (Wildman–Crippen LogP) is 3.34. The molecule has 2 aromatic carbocycles. The smallest absolute Gasteiger partial charge is 0.408 e. The number of amides is 3. The second kappa shape index (κ2) is 16.9. The SMILES string of the molecule is CC(C)[C@H]1COC(=O)[C@H](NC(=O)OCc2ccccc2)CC=CC[C@H](CC(=O)N(CCO)Cc2ccccc2)C(=O)N1. The number of cyclic esters (lactones) is 1. The fourth-order valence-electron chi connectivity index (χ4n) is 4.43. The summed E-state index contributed by atoms with van der Waals surface area (Å²) >= 11 is 0. The number of hydrogen-bond acceptors (Lipinski definition) is 7. The molecule has 42 heavy (non-hydrogen) atoms. The minimum atomic E-state index is -0.988. The van der Waals surface area contributed by atoms with Gasteiger partial charge in [0.05, 0.1) is 18.6 Å². The summed E-state index contributed by atoms with van der Waals surface area (Å²) in [5.41, 5.74) is 1.73. The van der Waals surface area contributed by atoms with Crippen molar-refractivity contribution in [1.29, 1.82) is 0 Å². The zero-order chi connectivity index (χ0) is 30.3. The Hall–Kier alpha value is -4.18. The van der Waals surface area contributed by atoms with Crippen LogP contribution in [0.2, 0.25) is 0 Å². The van der Waals surface area contributed by atoms with E-state index in [0.717, 1.165) is 11.1 Å². The lowest BCUT2D eigenvalue weighted by Gasteiger charge is -2.28. The Balaban J connectivity index is 1.70. The van der Waals surface area contributed by atoms with Crippen molar-refractivity contribution in [3.63, 3.8) is 0 Å². The van der Waals surface area contributed by atoms with E-state index in [-0.39, 0.29) is 63.4 Å². The maximum Gasteiger partial charge on any atom is 0.408 e. The number of rotatable bonds is 10. The first-order chi connectivity index (χ1) is 20.3.